The summed E-state index contributed by atoms with van der Waals surface area (Å²) in [5.74, 6) is 0.199. The smallest absolute Gasteiger partial charge is 0.330 e. The second-order valence-electron chi connectivity index (χ2n) is 6.45. The van der Waals surface area contributed by atoms with Gasteiger partial charge in [0.15, 0.2) is 10.1 Å². The Morgan fingerprint density at radius 3 is 3.24 bits per heavy atom. The SMILES string of the molecule is CC(C)CN1CCOC(COC(=O)/C=C/c2c(Cl)nc3sccn23)C1. The predicted molar refractivity (Wildman–Crippen MR) is 99.1 cm³/mol. The van der Waals surface area contributed by atoms with Crippen molar-refractivity contribution in [1.29, 1.82) is 0 Å². The van der Waals surface area contributed by atoms with Crippen LogP contribution >= 0.6 is 22.9 Å². The van der Waals surface area contributed by atoms with Crippen molar-refractivity contribution >= 4 is 39.9 Å². The summed E-state index contributed by atoms with van der Waals surface area (Å²) in [4.78, 5) is 19.3. The van der Waals surface area contributed by atoms with Gasteiger partial charge < -0.3 is 9.47 Å². The number of hydrogen-bond acceptors (Lipinski definition) is 6. The second-order valence-corrected chi connectivity index (χ2v) is 7.68. The zero-order valence-electron chi connectivity index (χ0n) is 14.4. The molecule has 1 aliphatic rings. The molecule has 0 aromatic carbocycles. The van der Waals surface area contributed by atoms with Gasteiger partial charge in [-0.05, 0) is 12.0 Å². The molecule has 8 heteroatoms. The van der Waals surface area contributed by atoms with Gasteiger partial charge in [0, 0.05) is 37.3 Å². The summed E-state index contributed by atoms with van der Waals surface area (Å²) in [7, 11) is 0. The molecule has 1 atom stereocenters. The monoisotopic (exact) mass is 383 g/mol. The van der Waals surface area contributed by atoms with Gasteiger partial charge in [0.1, 0.15) is 12.7 Å². The van der Waals surface area contributed by atoms with E-state index in [1.807, 2.05) is 16.0 Å². The molecule has 1 unspecified atom stereocenters. The van der Waals surface area contributed by atoms with E-state index in [1.54, 1.807) is 6.08 Å². The number of fused-ring (bicyclic) bond motifs is 1. The lowest BCUT2D eigenvalue weighted by molar-refractivity contribution is -0.144. The highest BCUT2D eigenvalue weighted by Crippen LogP contribution is 2.22. The predicted octanol–water partition coefficient (Wildman–Crippen LogP) is 2.96. The molecule has 2 aromatic rings. The first-order valence-electron chi connectivity index (χ1n) is 8.32. The maximum atomic E-state index is 12.0. The van der Waals surface area contributed by atoms with Gasteiger partial charge in [-0.1, -0.05) is 25.4 Å². The molecule has 1 saturated heterocycles. The van der Waals surface area contributed by atoms with Crippen LogP contribution in [0.2, 0.25) is 5.15 Å². The van der Waals surface area contributed by atoms with Gasteiger partial charge >= 0.3 is 5.97 Å². The molecule has 3 rings (SSSR count). The molecule has 3 heterocycles. The molecule has 2 aromatic heterocycles. The van der Waals surface area contributed by atoms with Crippen molar-refractivity contribution in [3.63, 3.8) is 0 Å². The Kier molecular flexibility index (Phi) is 6.11. The largest absolute Gasteiger partial charge is 0.460 e. The zero-order chi connectivity index (χ0) is 17.8. The summed E-state index contributed by atoms with van der Waals surface area (Å²) in [6, 6.07) is 0. The number of ether oxygens (including phenoxy) is 2. The van der Waals surface area contributed by atoms with E-state index in [4.69, 9.17) is 21.1 Å². The third-order valence-electron chi connectivity index (χ3n) is 3.89. The molecule has 0 bridgehead atoms. The van der Waals surface area contributed by atoms with Crippen molar-refractivity contribution in [2.24, 2.45) is 5.92 Å². The third kappa shape index (κ3) is 4.82. The minimum absolute atomic E-state index is 0.0769. The topological polar surface area (TPSA) is 56.1 Å². The quantitative estimate of drug-likeness (QED) is 0.567. The number of hydrogen-bond donors (Lipinski definition) is 0. The van der Waals surface area contributed by atoms with Crippen LogP contribution in [0, 0.1) is 5.92 Å². The lowest BCUT2D eigenvalue weighted by Crippen LogP contribution is -2.45. The molecule has 0 spiro atoms. The van der Waals surface area contributed by atoms with Crippen molar-refractivity contribution in [3.8, 4) is 0 Å². The zero-order valence-corrected chi connectivity index (χ0v) is 15.9. The number of nitrogens with zero attached hydrogens (tertiary/aromatic N) is 3. The number of carbonyl (C=O) groups is 1. The van der Waals surface area contributed by atoms with E-state index >= 15 is 0 Å². The van der Waals surface area contributed by atoms with E-state index in [0.29, 0.717) is 23.4 Å². The van der Waals surface area contributed by atoms with Gasteiger partial charge in [-0.2, -0.15) is 0 Å². The molecular formula is C17H22ClN3O3S. The van der Waals surface area contributed by atoms with Crippen LogP contribution in [0.3, 0.4) is 0 Å². The highest BCUT2D eigenvalue weighted by atomic mass is 35.5. The molecule has 0 N–H and O–H groups in total. The van der Waals surface area contributed by atoms with Crippen LogP contribution in [0.5, 0.6) is 0 Å². The summed E-state index contributed by atoms with van der Waals surface area (Å²) in [6.45, 7) is 8.07. The van der Waals surface area contributed by atoms with Crippen molar-refractivity contribution in [1.82, 2.24) is 14.3 Å². The van der Waals surface area contributed by atoms with E-state index < -0.39 is 5.97 Å². The number of carbonyl (C=O) groups excluding carboxylic acids is 1. The lowest BCUT2D eigenvalue weighted by Gasteiger charge is -2.33. The summed E-state index contributed by atoms with van der Waals surface area (Å²) in [6.07, 6.45) is 4.79. The summed E-state index contributed by atoms with van der Waals surface area (Å²) in [5.41, 5.74) is 0.673. The molecule has 6 nitrogen and oxygen atoms in total. The fourth-order valence-electron chi connectivity index (χ4n) is 2.86. The summed E-state index contributed by atoms with van der Waals surface area (Å²) >= 11 is 7.58. The van der Waals surface area contributed by atoms with Crippen LogP contribution in [0.1, 0.15) is 19.5 Å². The van der Waals surface area contributed by atoms with Crippen LogP contribution < -0.4 is 0 Å². The van der Waals surface area contributed by atoms with Gasteiger partial charge in [0.05, 0.1) is 12.3 Å². The minimum Gasteiger partial charge on any atom is -0.460 e. The van der Waals surface area contributed by atoms with E-state index in [1.165, 1.54) is 17.4 Å². The molecule has 1 aliphatic heterocycles. The van der Waals surface area contributed by atoms with Crippen LogP contribution in [0.25, 0.3) is 11.0 Å². The normalized spacial score (nSPS) is 19.3. The first kappa shape index (κ1) is 18.4. The highest BCUT2D eigenvalue weighted by molar-refractivity contribution is 7.15. The van der Waals surface area contributed by atoms with Crippen LogP contribution in [-0.4, -0.2) is 59.2 Å². The number of aromatic nitrogens is 2. The Bertz CT molecular complexity index is 755. The maximum absolute atomic E-state index is 12.0. The fraction of sp³-hybridized carbons (Fsp3) is 0.529. The van der Waals surface area contributed by atoms with E-state index in [9.17, 15) is 4.79 Å². The first-order chi connectivity index (χ1) is 12.0. The average Bonchev–Trinajstić information content (AvgIpc) is 3.11. The standard InChI is InChI=1S/C17H22ClN3O3S/c1-12(2)9-20-5-7-23-13(10-20)11-24-15(22)4-3-14-16(18)19-17-21(14)6-8-25-17/h3-4,6,8,12-13H,5,7,9-11H2,1-2H3/b4-3+. The molecule has 0 saturated carbocycles. The molecule has 25 heavy (non-hydrogen) atoms. The molecular weight excluding hydrogens is 362 g/mol. The number of rotatable bonds is 6. The summed E-state index contributed by atoms with van der Waals surface area (Å²) < 4.78 is 12.8. The molecule has 0 amide bonds. The van der Waals surface area contributed by atoms with Gasteiger partial charge in [0.2, 0.25) is 0 Å². The Morgan fingerprint density at radius 1 is 1.60 bits per heavy atom. The van der Waals surface area contributed by atoms with Crippen molar-refractivity contribution in [3.05, 3.63) is 28.5 Å². The third-order valence-corrected chi connectivity index (χ3v) is 4.92. The Labute approximate surface area is 156 Å². The molecule has 136 valence electrons. The number of imidazole rings is 1. The van der Waals surface area contributed by atoms with Crippen LogP contribution in [0.4, 0.5) is 0 Å². The molecule has 0 aliphatic carbocycles. The van der Waals surface area contributed by atoms with Crippen molar-refractivity contribution < 1.29 is 14.3 Å². The van der Waals surface area contributed by atoms with Gasteiger partial charge in [-0.25, -0.2) is 9.78 Å². The van der Waals surface area contributed by atoms with Crippen molar-refractivity contribution in [2.75, 3.05) is 32.8 Å². The average molecular weight is 384 g/mol. The molecule has 0 radical (unpaired) electrons. The maximum Gasteiger partial charge on any atom is 0.330 e. The second kappa shape index (κ2) is 8.31. The van der Waals surface area contributed by atoms with Crippen LogP contribution in [-0.2, 0) is 14.3 Å². The fourth-order valence-corrected chi connectivity index (χ4v) is 3.86. The Morgan fingerprint density at radius 2 is 2.44 bits per heavy atom. The first-order valence-corrected chi connectivity index (χ1v) is 9.58. The Balaban J connectivity index is 1.51. The van der Waals surface area contributed by atoms with E-state index in [-0.39, 0.29) is 12.7 Å². The minimum atomic E-state index is -0.411. The lowest BCUT2D eigenvalue weighted by atomic mass is 10.2. The van der Waals surface area contributed by atoms with Gasteiger partial charge in [-0.15, -0.1) is 11.3 Å². The number of thiazole rings is 1. The van der Waals surface area contributed by atoms with Crippen molar-refractivity contribution in [2.45, 2.75) is 20.0 Å². The summed E-state index contributed by atoms with van der Waals surface area (Å²) in [5, 5.41) is 2.29. The number of morpholine rings is 1. The number of halogens is 1. The Hall–Kier alpha value is -1.41. The van der Waals surface area contributed by atoms with E-state index in [0.717, 1.165) is 24.6 Å². The number of esters is 1. The molecule has 1 fully saturated rings. The van der Waals surface area contributed by atoms with E-state index in [2.05, 4.69) is 23.7 Å². The highest BCUT2D eigenvalue weighted by Gasteiger charge is 2.22. The van der Waals surface area contributed by atoms with Crippen LogP contribution in [0.15, 0.2) is 17.7 Å². The van der Waals surface area contributed by atoms with Gasteiger partial charge in [0.25, 0.3) is 0 Å². The van der Waals surface area contributed by atoms with Gasteiger partial charge in [-0.3, -0.25) is 9.30 Å².